The van der Waals surface area contributed by atoms with E-state index >= 15 is 0 Å². The van der Waals surface area contributed by atoms with Crippen molar-refractivity contribution in [1.29, 1.82) is 0 Å². The minimum absolute atomic E-state index is 0.267. The molecular weight excluding hydrogens is 422 g/mol. The van der Waals surface area contributed by atoms with Gasteiger partial charge in [-0.2, -0.15) is 0 Å². The Hall–Kier alpha value is -0.650. The van der Waals surface area contributed by atoms with Crippen LogP contribution in [-0.4, -0.2) is 13.2 Å². The molecule has 1 aliphatic rings. The Morgan fingerprint density at radius 2 is 1.62 bits per heavy atom. The van der Waals surface area contributed by atoms with E-state index in [0.717, 1.165) is 32.6 Å². The molecule has 0 fully saturated rings. The van der Waals surface area contributed by atoms with Crippen LogP contribution >= 0.6 is 45.8 Å². The summed E-state index contributed by atoms with van der Waals surface area (Å²) in [6, 6.07) is 11.7. The van der Waals surface area contributed by atoms with Crippen molar-refractivity contribution in [3.63, 3.8) is 0 Å². The zero-order valence-corrected chi connectivity index (χ0v) is 14.8. The molecule has 0 aromatic heterocycles. The van der Waals surface area contributed by atoms with Crippen LogP contribution in [0.5, 0.6) is 11.5 Å². The van der Waals surface area contributed by atoms with Crippen LogP contribution in [-0.2, 0) is 0 Å². The van der Waals surface area contributed by atoms with Crippen LogP contribution in [0.2, 0.25) is 5.02 Å². The van der Waals surface area contributed by atoms with E-state index < -0.39 is 0 Å². The molecule has 2 aromatic carbocycles. The summed E-state index contributed by atoms with van der Waals surface area (Å²) < 4.78 is 12.4. The summed E-state index contributed by atoms with van der Waals surface area (Å²) in [7, 11) is 0. The minimum atomic E-state index is -0.267. The molecule has 2 nitrogen and oxygen atoms in total. The van der Waals surface area contributed by atoms with Gasteiger partial charge in [0.05, 0.1) is 23.6 Å². The van der Waals surface area contributed by atoms with Crippen LogP contribution in [0, 0.1) is 3.57 Å². The Balaban J connectivity index is 1.92. The molecule has 1 heterocycles. The predicted octanol–water partition coefficient (Wildman–Crippen LogP) is 5.43. The van der Waals surface area contributed by atoms with E-state index in [2.05, 4.69) is 22.6 Å². The second-order valence-corrected chi connectivity index (χ2v) is 6.80. The van der Waals surface area contributed by atoms with Crippen LogP contribution in [0.15, 0.2) is 36.4 Å². The predicted molar refractivity (Wildman–Crippen MR) is 93.9 cm³/mol. The van der Waals surface area contributed by atoms with Crippen molar-refractivity contribution < 1.29 is 9.47 Å². The first kappa shape index (κ1) is 15.3. The normalized spacial score (nSPS) is 15.4. The van der Waals surface area contributed by atoms with Gasteiger partial charge >= 0.3 is 0 Å². The molecular formula is C16H13Cl2IO2. The molecule has 0 N–H and O–H groups in total. The molecule has 2 aromatic rings. The lowest BCUT2D eigenvalue weighted by Crippen LogP contribution is -1.98. The number of benzene rings is 2. The van der Waals surface area contributed by atoms with Crippen LogP contribution in [0.4, 0.5) is 0 Å². The molecule has 5 heteroatoms. The molecule has 21 heavy (non-hydrogen) atoms. The molecule has 1 unspecified atom stereocenters. The van der Waals surface area contributed by atoms with E-state index in [1.54, 1.807) is 0 Å². The molecule has 1 aliphatic heterocycles. The summed E-state index contributed by atoms with van der Waals surface area (Å²) in [5.74, 6) is 1.54. The molecule has 0 amide bonds. The lowest BCUT2D eigenvalue weighted by molar-refractivity contribution is 0.297. The summed E-state index contributed by atoms with van der Waals surface area (Å²) in [5, 5.41) is 0.449. The van der Waals surface area contributed by atoms with Crippen LogP contribution < -0.4 is 9.47 Å². The zero-order chi connectivity index (χ0) is 14.8. The number of hydrogen-bond donors (Lipinski definition) is 0. The number of fused-ring (bicyclic) bond motifs is 1. The van der Waals surface area contributed by atoms with Gasteiger partial charge in [-0.15, -0.1) is 11.6 Å². The van der Waals surface area contributed by atoms with E-state index in [4.69, 9.17) is 32.7 Å². The van der Waals surface area contributed by atoms with Gasteiger partial charge in [-0.05, 0) is 58.0 Å². The maximum absolute atomic E-state index is 6.58. The van der Waals surface area contributed by atoms with E-state index in [1.807, 2.05) is 36.4 Å². The van der Waals surface area contributed by atoms with Gasteiger partial charge < -0.3 is 9.47 Å². The summed E-state index contributed by atoms with van der Waals surface area (Å²) in [6.07, 6.45) is 0.890. The minimum Gasteiger partial charge on any atom is -0.490 e. The maximum Gasteiger partial charge on any atom is 0.161 e. The highest BCUT2D eigenvalue weighted by molar-refractivity contribution is 14.1. The smallest absolute Gasteiger partial charge is 0.161 e. The van der Waals surface area contributed by atoms with Crippen LogP contribution in [0.3, 0.4) is 0 Å². The van der Waals surface area contributed by atoms with Crippen molar-refractivity contribution in [2.75, 3.05) is 13.2 Å². The molecule has 110 valence electrons. The number of rotatable bonds is 2. The molecule has 0 saturated carbocycles. The maximum atomic E-state index is 6.58. The van der Waals surface area contributed by atoms with E-state index in [1.165, 1.54) is 0 Å². The number of hydrogen-bond acceptors (Lipinski definition) is 2. The van der Waals surface area contributed by atoms with Gasteiger partial charge in [-0.1, -0.05) is 23.7 Å². The van der Waals surface area contributed by atoms with Crippen molar-refractivity contribution in [2.24, 2.45) is 0 Å². The third-order valence-corrected chi connectivity index (χ3v) is 5.38. The van der Waals surface area contributed by atoms with E-state index in [0.29, 0.717) is 18.2 Å². The summed E-state index contributed by atoms with van der Waals surface area (Å²) in [5.41, 5.74) is 1.94. The van der Waals surface area contributed by atoms with Crippen molar-refractivity contribution in [3.05, 3.63) is 56.1 Å². The summed E-state index contributed by atoms with van der Waals surface area (Å²) in [6.45, 7) is 1.35. The third kappa shape index (κ3) is 3.41. The molecule has 0 radical (unpaired) electrons. The molecule has 0 aliphatic carbocycles. The number of ether oxygens (including phenoxy) is 2. The number of halogens is 3. The molecule has 1 atom stereocenters. The van der Waals surface area contributed by atoms with Crippen molar-refractivity contribution in [2.45, 2.75) is 11.8 Å². The highest BCUT2D eigenvalue weighted by atomic mass is 127. The molecule has 0 spiro atoms. The van der Waals surface area contributed by atoms with Gasteiger partial charge in [0.1, 0.15) is 0 Å². The standard InChI is InChI=1S/C16H13Cl2IO2/c17-12-8-10(2-4-13(12)19)16(18)11-3-5-14-15(9-11)21-7-1-6-20-14/h2-5,8-9,16H,1,6-7H2. The van der Waals surface area contributed by atoms with Crippen molar-refractivity contribution in [1.82, 2.24) is 0 Å². The van der Waals surface area contributed by atoms with Gasteiger partial charge in [0.2, 0.25) is 0 Å². The first-order valence-electron chi connectivity index (χ1n) is 6.64. The van der Waals surface area contributed by atoms with Crippen molar-refractivity contribution >= 4 is 45.8 Å². The van der Waals surface area contributed by atoms with Crippen LogP contribution in [0.25, 0.3) is 0 Å². The fourth-order valence-corrected chi connectivity index (χ4v) is 3.00. The Morgan fingerprint density at radius 3 is 2.38 bits per heavy atom. The second kappa shape index (κ2) is 6.63. The SMILES string of the molecule is Clc1cc(C(Cl)c2ccc3c(c2)OCCCO3)ccc1I. The largest absolute Gasteiger partial charge is 0.490 e. The number of alkyl halides is 1. The van der Waals surface area contributed by atoms with E-state index in [9.17, 15) is 0 Å². The highest BCUT2D eigenvalue weighted by Crippen LogP contribution is 2.37. The molecule has 0 bridgehead atoms. The summed E-state index contributed by atoms with van der Waals surface area (Å²) >= 11 is 15.0. The Bertz CT molecular complexity index is 661. The van der Waals surface area contributed by atoms with Gasteiger partial charge in [-0.25, -0.2) is 0 Å². The average Bonchev–Trinajstić information content (AvgIpc) is 2.73. The third-order valence-electron chi connectivity index (χ3n) is 3.30. The van der Waals surface area contributed by atoms with Gasteiger partial charge in [0.15, 0.2) is 11.5 Å². The summed E-state index contributed by atoms with van der Waals surface area (Å²) in [4.78, 5) is 0. The Morgan fingerprint density at radius 1 is 0.952 bits per heavy atom. The topological polar surface area (TPSA) is 18.5 Å². The first-order valence-corrected chi connectivity index (χ1v) is 8.53. The Labute approximate surface area is 147 Å². The zero-order valence-electron chi connectivity index (χ0n) is 11.1. The fraction of sp³-hybridized carbons (Fsp3) is 0.250. The molecule has 0 saturated heterocycles. The van der Waals surface area contributed by atoms with Gasteiger partial charge in [0, 0.05) is 9.99 Å². The van der Waals surface area contributed by atoms with E-state index in [-0.39, 0.29) is 5.38 Å². The van der Waals surface area contributed by atoms with Crippen LogP contribution in [0.1, 0.15) is 22.9 Å². The fourth-order valence-electron chi connectivity index (χ4n) is 2.20. The van der Waals surface area contributed by atoms with Gasteiger partial charge in [0.25, 0.3) is 0 Å². The molecule has 3 rings (SSSR count). The lowest BCUT2D eigenvalue weighted by Gasteiger charge is -2.14. The first-order chi connectivity index (χ1) is 10.1. The second-order valence-electron chi connectivity index (χ2n) is 4.79. The average molecular weight is 435 g/mol. The highest BCUT2D eigenvalue weighted by Gasteiger charge is 2.16. The van der Waals surface area contributed by atoms with Crippen molar-refractivity contribution in [3.8, 4) is 11.5 Å². The van der Waals surface area contributed by atoms with Gasteiger partial charge in [-0.3, -0.25) is 0 Å². The lowest BCUT2D eigenvalue weighted by atomic mass is 10.0. The Kier molecular flexibility index (Phi) is 4.82. The monoisotopic (exact) mass is 434 g/mol. The quantitative estimate of drug-likeness (QED) is 0.463.